The second-order valence-corrected chi connectivity index (χ2v) is 3.28. The third kappa shape index (κ3) is 1.59. The van der Waals surface area contributed by atoms with E-state index in [9.17, 15) is 0 Å². The fourth-order valence-electron chi connectivity index (χ4n) is 1.24. The van der Waals surface area contributed by atoms with Gasteiger partial charge in [-0.15, -0.1) is 0 Å². The number of rotatable bonds is 1. The molecule has 0 bridgehead atoms. The highest BCUT2D eigenvalue weighted by Crippen LogP contribution is 2.26. The van der Waals surface area contributed by atoms with Gasteiger partial charge in [-0.2, -0.15) is 0 Å². The van der Waals surface area contributed by atoms with E-state index in [1.165, 1.54) is 6.33 Å². The number of halogens is 1. The van der Waals surface area contributed by atoms with Gasteiger partial charge in [-0.25, -0.2) is 9.97 Å². The maximum absolute atomic E-state index is 5.95. The molecule has 0 fully saturated rings. The standard InChI is InChI=1S/C10H8ClN3/c1-7-2-3-12-4-8(7)9-5-13-6-14-10(9)11/h2-6H,1H3. The zero-order chi connectivity index (χ0) is 9.97. The van der Waals surface area contributed by atoms with Crippen LogP contribution in [0.15, 0.2) is 31.0 Å². The highest BCUT2D eigenvalue weighted by atomic mass is 35.5. The van der Waals surface area contributed by atoms with Gasteiger partial charge in [0.15, 0.2) is 0 Å². The van der Waals surface area contributed by atoms with Crippen molar-refractivity contribution in [1.29, 1.82) is 0 Å². The minimum absolute atomic E-state index is 0.455. The van der Waals surface area contributed by atoms with Gasteiger partial charge in [0.2, 0.25) is 0 Å². The van der Waals surface area contributed by atoms with Gasteiger partial charge >= 0.3 is 0 Å². The van der Waals surface area contributed by atoms with E-state index in [4.69, 9.17) is 11.6 Å². The fourth-order valence-corrected chi connectivity index (χ4v) is 1.44. The Morgan fingerprint density at radius 3 is 2.64 bits per heavy atom. The van der Waals surface area contributed by atoms with E-state index in [1.807, 2.05) is 13.0 Å². The molecule has 0 aromatic carbocycles. The first-order valence-electron chi connectivity index (χ1n) is 4.15. The predicted octanol–water partition coefficient (Wildman–Crippen LogP) is 2.50. The number of hydrogen-bond donors (Lipinski definition) is 0. The van der Waals surface area contributed by atoms with E-state index in [0.29, 0.717) is 5.15 Å². The van der Waals surface area contributed by atoms with Crippen molar-refractivity contribution in [3.63, 3.8) is 0 Å². The fraction of sp³-hybridized carbons (Fsp3) is 0.100. The van der Waals surface area contributed by atoms with Crippen molar-refractivity contribution in [2.24, 2.45) is 0 Å². The summed E-state index contributed by atoms with van der Waals surface area (Å²) < 4.78 is 0. The van der Waals surface area contributed by atoms with Crippen LogP contribution in [0.2, 0.25) is 5.15 Å². The first-order chi connectivity index (χ1) is 6.79. The van der Waals surface area contributed by atoms with Crippen molar-refractivity contribution in [2.75, 3.05) is 0 Å². The van der Waals surface area contributed by atoms with Gasteiger partial charge in [-0.05, 0) is 18.6 Å². The van der Waals surface area contributed by atoms with Gasteiger partial charge in [0.1, 0.15) is 11.5 Å². The zero-order valence-electron chi connectivity index (χ0n) is 7.61. The maximum Gasteiger partial charge on any atom is 0.140 e. The van der Waals surface area contributed by atoms with E-state index >= 15 is 0 Å². The molecule has 0 saturated carbocycles. The van der Waals surface area contributed by atoms with Crippen LogP contribution in [0.5, 0.6) is 0 Å². The first-order valence-corrected chi connectivity index (χ1v) is 4.53. The first kappa shape index (κ1) is 9.09. The van der Waals surface area contributed by atoms with E-state index in [1.54, 1.807) is 18.6 Å². The molecule has 0 unspecified atom stereocenters. The summed E-state index contributed by atoms with van der Waals surface area (Å²) in [5.74, 6) is 0. The van der Waals surface area contributed by atoms with Crippen LogP contribution in [0.1, 0.15) is 5.56 Å². The average Bonchev–Trinajstić information content (AvgIpc) is 2.20. The molecule has 0 amide bonds. The lowest BCUT2D eigenvalue weighted by atomic mass is 10.1. The van der Waals surface area contributed by atoms with Gasteiger partial charge in [-0.1, -0.05) is 11.6 Å². The van der Waals surface area contributed by atoms with Crippen molar-refractivity contribution in [3.05, 3.63) is 41.7 Å². The molecule has 0 saturated heterocycles. The summed E-state index contributed by atoms with van der Waals surface area (Å²) in [7, 11) is 0. The van der Waals surface area contributed by atoms with Crippen LogP contribution in [0.3, 0.4) is 0 Å². The van der Waals surface area contributed by atoms with Crippen molar-refractivity contribution in [3.8, 4) is 11.1 Å². The number of pyridine rings is 1. The SMILES string of the molecule is Cc1ccncc1-c1cncnc1Cl. The molecule has 70 valence electrons. The summed E-state index contributed by atoms with van der Waals surface area (Å²) >= 11 is 5.95. The topological polar surface area (TPSA) is 38.7 Å². The Morgan fingerprint density at radius 1 is 1.14 bits per heavy atom. The Kier molecular flexibility index (Phi) is 2.41. The smallest absolute Gasteiger partial charge is 0.140 e. The van der Waals surface area contributed by atoms with Crippen LogP contribution < -0.4 is 0 Å². The van der Waals surface area contributed by atoms with Crippen molar-refractivity contribution < 1.29 is 0 Å². The second-order valence-electron chi connectivity index (χ2n) is 2.92. The quantitative estimate of drug-likeness (QED) is 0.672. The molecule has 0 spiro atoms. The summed E-state index contributed by atoms with van der Waals surface area (Å²) in [5, 5.41) is 0.455. The predicted molar refractivity (Wildman–Crippen MR) is 55.0 cm³/mol. The summed E-state index contributed by atoms with van der Waals surface area (Å²) in [6.07, 6.45) is 6.63. The highest BCUT2D eigenvalue weighted by Gasteiger charge is 2.06. The molecule has 0 aliphatic heterocycles. The summed E-state index contributed by atoms with van der Waals surface area (Å²) in [4.78, 5) is 11.9. The van der Waals surface area contributed by atoms with Gasteiger partial charge in [0.25, 0.3) is 0 Å². The van der Waals surface area contributed by atoms with Crippen molar-refractivity contribution >= 4 is 11.6 Å². The average molecular weight is 206 g/mol. The molecule has 2 aromatic heterocycles. The molecule has 0 N–H and O–H groups in total. The molecular formula is C10H8ClN3. The summed E-state index contributed by atoms with van der Waals surface area (Å²) in [6.45, 7) is 2.00. The Bertz CT molecular complexity index is 413. The lowest BCUT2D eigenvalue weighted by molar-refractivity contribution is 1.16. The molecule has 3 nitrogen and oxygen atoms in total. The summed E-state index contributed by atoms with van der Waals surface area (Å²) in [6, 6.07) is 1.93. The van der Waals surface area contributed by atoms with Crippen LogP contribution >= 0.6 is 11.6 Å². The van der Waals surface area contributed by atoms with E-state index in [-0.39, 0.29) is 0 Å². The molecule has 0 atom stereocenters. The van der Waals surface area contributed by atoms with Crippen molar-refractivity contribution in [2.45, 2.75) is 6.92 Å². The Balaban J connectivity index is 2.61. The second kappa shape index (κ2) is 3.72. The maximum atomic E-state index is 5.95. The monoisotopic (exact) mass is 205 g/mol. The number of aromatic nitrogens is 3. The molecular weight excluding hydrogens is 198 g/mol. The van der Waals surface area contributed by atoms with Crippen LogP contribution in [-0.2, 0) is 0 Å². The minimum Gasteiger partial charge on any atom is -0.264 e. The van der Waals surface area contributed by atoms with E-state index < -0.39 is 0 Å². The van der Waals surface area contributed by atoms with Crippen molar-refractivity contribution in [1.82, 2.24) is 15.0 Å². The van der Waals surface area contributed by atoms with Crippen LogP contribution in [0, 0.1) is 6.92 Å². The number of hydrogen-bond acceptors (Lipinski definition) is 3. The number of nitrogens with zero attached hydrogens (tertiary/aromatic N) is 3. The summed E-state index contributed by atoms with van der Waals surface area (Å²) in [5.41, 5.74) is 2.90. The third-order valence-electron chi connectivity index (χ3n) is 1.99. The molecule has 0 aliphatic carbocycles. The Labute approximate surface area is 86.8 Å². The Hall–Kier alpha value is -1.48. The van der Waals surface area contributed by atoms with Crippen LogP contribution in [0.25, 0.3) is 11.1 Å². The molecule has 4 heteroatoms. The zero-order valence-corrected chi connectivity index (χ0v) is 8.36. The lowest BCUT2D eigenvalue weighted by Gasteiger charge is -2.04. The van der Waals surface area contributed by atoms with E-state index in [0.717, 1.165) is 16.7 Å². The Morgan fingerprint density at radius 2 is 1.93 bits per heavy atom. The normalized spacial score (nSPS) is 10.1. The van der Waals surface area contributed by atoms with Crippen LogP contribution in [0.4, 0.5) is 0 Å². The molecule has 2 heterocycles. The number of aryl methyl sites for hydroxylation is 1. The lowest BCUT2D eigenvalue weighted by Crippen LogP contribution is -1.88. The van der Waals surface area contributed by atoms with Gasteiger partial charge < -0.3 is 0 Å². The molecule has 2 rings (SSSR count). The molecule has 0 radical (unpaired) electrons. The van der Waals surface area contributed by atoms with Gasteiger partial charge in [0, 0.05) is 29.7 Å². The molecule has 14 heavy (non-hydrogen) atoms. The largest absolute Gasteiger partial charge is 0.264 e. The van der Waals surface area contributed by atoms with Gasteiger partial charge in [0.05, 0.1) is 0 Å². The van der Waals surface area contributed by atoms with Crippen LogP contribution in [-0.4, -0.2) is 15.0 Å². The third-order valence-corrected chi connectivity index (χ3v) is 2.29. The molecule has 2 aromatic rings. The molecule has 0 aliphatic rings. The van der Waals surface area contributed by atoms with Gasteiger partial charge in [-0.3, -0.25) is 4.98 Å². The van der Waals surface area contributed by atoms with E-state index in [2.05, 4.69) is 15.0 Å². The highest BCUT2D eigenvalue weighted by molar-refractivity contribution is 6.32. The minimum atomic E-state index is 0.455.